The molecule has 0 fully saturated rings. The smallest absolute Gasteiger partial charge is 0.191 e. The fourth-order valence-corrected chi connectivity index (χ4v) is 3.25. The molecule has 1 aromatic heterocycles. The molecule has 0 spiro atoms. The Balaban J connectivity index is 1.44. The molecule has 0 saturated carbocycles. The van der Waals surface area contributed by atoms with Crippen LogP contribution in [0.25, 0.3) is 0 Å². The van der Waals surface area contributed by atoms with Crippen LogP contribution in [-0.4, -0.2) is 47.5 Å². The molecule has 2 aromatic rings. The fourth-order valence-electron chi connectivity index (χ4n) is 3.25. The number of benzene rings is 1. The van der Waals surface area contributed by atoms with Crippen molar-refractivity contribution in [2.24, 2.45) is 4.99 Å². The van der Waals surface area contributed by atoms with Crippen LogP contribution >= 0.6 is 0 Å². The number of hydrogen-bond donors (Lipinski definition) is 2. The quantitative estimate of drug-likeness (QED) is 0.611. The maximum Gasteiger partial charge on any atom is 0.191 e. The summed E-state index contributed by atoms with van der Waals surface area (Å²) in [5.74, 6) is 3.28. The van der Waals surface area contributed by atoms with Gasteiger partial charge in [-0.25, -0.2) is 9.67 Å². The van der Waals surface area contributed by atoms with Crippen LogP contribution in [0.4, 0.5) is 0 Å². The predicted octanol–water partition coefficient (Wildman–Crippen LogP) is 1.96. The maximum atomic E-state index is 5.22. The average Bonchev–Trinajstić information content (AvgIpc) is 3.15. The van der Waals surface area contributed by atoms with Crippen LogP contribution in [0.3, 0.4) is 0 Å². The summed E-state index contributed by atoms with van der Waals surface area (Å²) < 4.78 is 7.19. The van der Waals surface area contributed by atoms with E-state index in [0.717, 1.165) is 49.9 Å². The van der Waals surface area contributed by atoms with E-state index in [1.807, 2.05) is 23.9 Å². The van der Waals surface area contributed by atoms with E-state index >= 15 is 0 Å². The standard InChI is InChI=1S/C19H28N6O/c1-14(15-4-7-17(26-3)8-5-15)10-11-21-19(20-2)24-16-6-9-18-22-13-23-25(18)12-16/h4-5,7-8,13-14,16H,6,9-12H2,1-3H3,(H2,20,21,24). The van der Waals surface area contributed by atoms with Gasteiger partial charge >= 0.3 is 0 Å². The Bertz CT molecular complexity index is 724. The van der Waals surface area contributed by atoms with Crippen molar-refractivity contribution < 1.29 is 4.74 Å². The van der Waals surface area contributed by atoms with Crippen LogP contribution in [0.1, 0.15) is 37.1 Å². The highest BCUT2D eigenvalue weighted by Crippen LogP contribution is 2.21. The van der Waals surface area contributed by atoms with Gasteiger partial charge in [0.05, 0.1) is 13.7 Å². The molecule has 7 heteroatoms. The van der Waals surface area contributed by atoms with Crippen LogP contribution in [0.5, 0.6) is 5.75 Å². The third kappa shape index (κ3) is 4.53. The van der Waals surface area contributed by atoms with E-state index in [2.05, 4.69) is 44.8 Å². The van der Waals surface area contributed by atoms with E-state index in [1.165, 1.54) is 5.56 Å². The zero-order valence-corrected chi connectivity index (χ0v) is 15.8. The van der Waals surface area contributed by atoms with Crippen molar-refractivity contribution in [3.63, 3.8) is 0 Å². The number of aryl methyl sites for hydroxylation is 1. The average molecular weight is 356 g/mol. The van der Waals surface area contributed by atoms with Gasteiger partial charge in [0.25, 0.3) is 0 Å². The second kappa shape index (κ2) is 8.69. The first kappa shape index (κ1) is 18.2. The van der Waals surface area contributed by atoms with Crippen molar-refractivity contribution in [2.45, 2.75) is 44.7 Å². The normalized spacial score (nSPS) is 18.1. The Labute approximate surface area is 154 Å². The minimum atomic E-state index is 0.328. The fraction of sp³-hybridized carbons (Fsp3) is 0.526. The van der Waals surface area contributed by atoms with Crippen LogP contribution in [0.2, 0.25) is 0 Å². The van der Waals surface area contributed by atoms with E-state index in [9.17, 15) is 0 Å². The van der Waals surface area contributed by atoms with Gasteiger partial charge in [-0.3, -0.25) is 4.99 Å². The number of ether oxygens (including phenoxy) is 1. The first-order valence-corrected chi connectivity index (χ1v) is 9.17. The molecular weight excluding hydrogens is 328 g/mol. The molecule has 2 N–H and O–H groups in total. The number of aromatic nitrogens is 3. The van der Waals surface area contributed by atoms with Gasteiger partial charge in [-0.15, -0.1) is 0 Å². The highest BCUT2D eigenvalue weighted by molar-refractivity contribution is 5.79. The van der Waals surface area contributed by atoms with Gasteiger partial charge in [0.1, 0.15) is 17.9 Å². The Morgan fingerprint density at radius 1 is 1.38 bits per heavy atom. The van der Waals surface area contributed by atoms with Gasteiger partial charge in [0.2, 0.25) is 0 Å². The number of methoxy groups -OCH3 is 1. The second-order valence-electron chi connectivity index (χ2n) is 6.70. The third-order valence-corrected chi connectivity index (χ3v) is 4.92. The number of guanidine groups is 1. The van der Waals surface area contributed by atoms with Crippen molar-refractivity contribution in [1.82, 2.24) is 25.4 Å². The number of nitrogens with zero attached hydrogens (tertiary/aromatic N) is 4. The molecule has 140 valence electrons. The monoisotopic (exact) mass is 356 g/mol. The molecule has 0 bridgehead atoms. The number of nitrogens with one attached hydrogen (secondary N) is 2. The van der Waals surface area contributed by atoms with Crippen LogP contribution in [-0.2, 0) is 13.0 Å². The molecule has 2 heterocycles. The molecule has 3 rings (SSSR count). The highest BCUT2D eigenvalue weighted by Gasteiger charge is 2.20. The van der Waals surface area contributed by atoms with Gasteiger partial charge in [0, 0.05) is 26.1 Å². The molecule has 0 amide bonds. The van der Waals surface area contributed by atoms with Crippen molar-refractivity contribution >= 4 is 5.96 Å². The van der Waals surface area contributed by atoms with Crippen LogP contribution in [0.15, 0.2) is 35.6 Å². The summed E-state index contributed by atoms with van der Waals surface area (Å²) in [4.78, 5) is 8.62. The van der Waals surface area contributed by atoms with Crippen molar-refractivity contribution in [2.75, 3.05) is 20.7 Å². The van der Waals surface area contributed by atoms with E-state index in [4.69, 9.17) is 4.74 Å². The molecule has 26 heavy (non-hydrogen) atoms. The summed E-state index contributed by atoms with van der Waals surface area (Å²) >= 11 is 0. The number of aliphatic imine (C=N–C) groups is 1. The lowest BCUT2D eigenvalue weighted by Gasteiger charge is -2.25. The van der Waals surface area contributed by atoms with Crippen LogP contribution < -0.4 is 15.4 Å². The van der Waals surface area contributed by atoms with E-state index in [1.54, 1.807) is 13.4 Å². The molecule has 0 aliphatic carbocycles. The molecule has 1 aliphatic heterocycles. The first-order valence-electron chi connectivity index (χ1n) is 9.17. The molecule has 7 nitrogen and oxygen atoms in total. The van der Waals surface area contributed by atoms with E-state index < -0.39 is 0 Å². The molecule has 0 saturated heterocycles. The Kier molecular flexibility index (Phi) is 6.09. The molecular formula is C19H28N6O. The number of hydrogen-bond acceptors (Lipinski definition) is 4. The molecule has 1 aliphatic rings. The van der Waals surface area contributed by atoms with Crippen molar-refractivity contribution in [3.05, 3.63) is 42.0 Å². The maximum absolute atomic E-state index is 5.22. The lowest BCUT2D eigenvalue weighted by Crippen LogP contribution is -2.47. The first-order chi connectivity index (χ1) is 12.7. The van der Waals surface area contributed by atoms with Crippen molar-refractivity contribution in [3.8, 4) is 5.75 Å². The Morgan fingerprint density at radius 3 is 2.92 bits per heavy atom. The number of rotatable bonds is 6. The van der Waals surface area contributed by atoms with Gasteiger partial charge in [-0.1, -0.05) is 19.1 Å². The largest absolute Gasteiger partial charge is 0.497 e. The summed E-state index contributed by atoms with van der Waals surface area (Å²) in [5.41, 5.74) is 1.32. The third-order valence-electron chi connectivity index (χ3n) is 4.92. The second-order valence-corrected chi connectivity index (χ2v) is 6.70. The van der Waals surface area contributed by atoms with Gasteiger partial charge in [-0.05, 0) is 36.5 Å². The Hall–Kier alpha value is -2.57. The van der Waals surface area contributed by atoms with Gasteiger partial charge in [-0.2, -0.15) is 5.10 Å². The van der Waals surface area contributed by atoms with Crippen LogP contribution in [0, 0.1) is 0 Å². The highest BCUT2D eigenvalue weighted by atomic mass is 16.5. The minimum absolute atomic E-state index is 0.328. The Morgan fingerprint density at radius 2 is 2.19 bits per heavy atom. The molecule has 2 atom stereocenters. The van der Waals surface area contributed by atoms with E-state index in [0.29, 0.717) is 12.0 Å². The van der Waals surface area contributed by atoms with Gasteiger partial charge < -0.3 is 15.4 Å². The topological polar surface area (TPSA) is 76.4 Å². The predicted molar refractivity (Wildman–Crippen MR) is 103 cm³/mol. The van der Waals surface area contributed by atoms with Crippen molar-refractivity contribution in [1.29, 1.82) is 0 Å². The van der Waals surface area contributed by atoms with Gasteiger partial charge in [0.15, 0.2) is 5.96 Å². The molecule has 1 aromatic carbocycles. The number of fused-ring (bicyclic) bond motifs is 1. The van der Waals surface area contributed by atoms with E-state index in [-0.39, 0.29) is 0 Å². The SMILES string of the molecule is CN=C(NCCC(C)c1ccc(OC)cc1)NC1CCc2ncnn2C1. The summed E-state index contributed by atoms with van der Waals surface area (Å²) in [6.45, 7) is 3.94. The summed E-state index contributed by atoms with van der Waals surface area (Å²) in [6.07, 6.45) is 4.65. The minimum Gasteiger partial charge on any atom is -0.497 e. The lowest BCUT2D eigenvalue weighted by atomic mass is 9.98. The summed E-state index contributed by atoms with van der Waals surface area (Å²) in [7, 11) is 3.50. The summed E-state index contributed by atoms with van der Waals surface area (Å²) in [6, 6.07) is 8.62. The molecule has 0 radical (unpaired) electrons. The lowest BCUT2D eigenvalue weighted by molar-refractivity contribution is 0.392. The summed E-state index contributed by atoms with van der Waals surface area (Å²) in [5, 5.41) is 11.2. The zero-order chi connectivity index (χ0) is 18.4. The zero-order valence-electron chi connectivity index (χ0n) is 15.8. The molecule has 2 unspecified atom stereocenters.